The Morgan fingerprint density at radius 3 is 2.71 bits per heavy atom. The van der Waals surface area contributed by atoms with Gasteiger partial charge < -0.3 is 15.4 Å². The number of Topliss-reactive ketones (excluding diaryl/α,β-unsaturated/α-hetero) is 1. The highest BCUT2D eigenvalue weighted by Crippen LogP contribution is 2.41. The minimum Gasteiger partial charge on any atom is -0.486 e. The molecule has 3 N–H and O–H groups in total. The second-order valence-electron chi connectivity index (χ2n) is 8.67. The summed E-state index contributed by atoms with van der Waals surface area (Å²) in [5, 5.41) is 5.07. The number of nitrogens with one attached hydrogen (secondary N) is 1. The summed E-state index contributed by atoms with van der Waals surface area (Å²) in [6, 6.07) is 12.8. The molecule has 1 spiro atoms. The number of nitrogen functional groups attached to an aromatic ring is 1. The quantitative estimate of drug-likeness (QED) is 0.453. The van der Waals surface area contributed by atoms with E-state index in [1.54, 1.807) is 23.1 Å². The normalized spacial score (nSPS) is 17.1. The van der Waals surface area contributed by atoms with Gasteiger partial charge in [0.05, 0.1) is 22.5 Å². The van der Waals surface area contributed by atoms with E-state index in [1.165, 1.54) is 11.3 Å². The van der Waals surface area contributed by atoms with Gasteiger partial charge in [0.2, 0.25) is 0 Å². The van der Waals surface area contributed by atoms with Gasteiger partial charge in [-0.05, 0) is 24.3 Å². The Kier molecular flexibility index (Phi) is 4.59. The fourth-order valence-electron chi connectivity index (χ4n) is 4.83. The molecule has 1 saturated heterocycles. The largest absolute Gasteiger partial charge is 0.486 e. The van der Waals surface area contributed by atoms with Crippen LogP contribution in [0.25, 0.3) is 21.5 Å². The molecule has 1 fully saturated rings. The van der Waals surface area contributed by atoms with Crippen LogP contribution in [0.1, 0.15) is 40.0 Å². The Hall–Kier alpha value is -3.92. The highest BCUT2D eigenvalue weighted by molar-refractivity contribution is 7.23. The van der Waals surface area contributed by atoms with Crippen LogP contribution in [-0.2, 0) is 0 Å². The summed E-state index contributed by atoms with van der Waals surface area (Å²) in [5.74, 6) is -0.0280. The number of amides is 1. The molecule has 4 heterocycles. The van der Waals surface area contributed by atoms with Crippen molar-refractivity contribution in [2.24, 2.45) is 0 Å². The molecule has 6 rings (SSSR count). The zero-order chi connectivity index (χ0) is 23.4. The Bertz CT molecular complexity index is 1510. The number of aromatic amines is 1. The van der Waals surface area contributed by atoms with Crippen molar-refractivity contribution in [1.29, 1.82) is 0 Å². The number of fused-ring (bicyclic) bond motifs is 2. The third-order valence-electron chi connectivity index (χ3n) is 6.60. The number of ketones is 1. The van der Waals surface area contributed by atoms with Gasteiger partial charge in [-0.3, -0.25) is 19.1 Å². The number of hydrogen-bond donors (Lipinski definition) is 2. The predicted octanol–water partition coefficient (Wildman–Crippen LogP) is 3.47. The Morgan fingerprint density at radius 2 is 1.94 bits per heavy atom. The van der Waals surface area contributed by atoms with Gasteiger partial charge in [-0.2, -0.15) is 0 Å². The lowest BCUT2D eigenvalue weighted by atomic mass is 9.82. The van der Waals surface area contributed by atoms with E-state index >= 15 is 0 Å². The number of thiophene rings is 1. The summed E-state index contributed by atoms with van der Waals surface area (Å²) in [6.07, 6.45) is 1.32. The van der Waals surface area contributed by atoms with E-state index in [0.717, 1.165) is 10.1 Å². The molecule has 0 bridgehead atoms. The second kappa shape index (κ2) is 7.56. The molecule has 2 aromatic heterocycles. The maximum atomic E-state index is 13.3. The SMILES string of the molecule is Nc1sc2ccccc2c1C(=O)N1CCC2(CC1)CC(=O)c1cc(-c3noc(=O)[nH]3)ccc1O2. The first kappa shape index (κ1) is 20.7. The van der Waals surface area contributed by atoms with E-state index in [-0.39, 0.29) is 23.9 Å². The summed E-state index contributed by atoms with van der Waals surface area (Å²) >= 11 is 1.42. The summed E-state index contributed by atoms with van der Waals surface area (Å²) < 4.78 is 11.9. The maximum Gasteiger partial charge on any atom is 0.439 e. The van der Waals surface area contributed by atoms with E-state index in [4.69, 9.17) is 10.5 Å². The van der Waals surface area contributed by atoms with Crippen LogP contribution < -0.4 is 16.2 Å². The number of H-pyrrole nitrogens is 1. The first-order chi connectivity index (χ1) is 16.4. The number of likely N-dealkylation sites (tertiary alicyclic amines) is 1. The number of nitrogens with zero attached hydrogens (tertiary/aromatic N) is 2. The highest BCUT2D eigenvalue weighted by Gasteiger charge is 2.44. The molecule has 1 amide bonds. The number of anilines is 1. The van der Waals surface area contributed by atoms with Crippen LogP contribution in [0.3, 0.4) is 0 Å². The first-order valence-corrected chi connectivity index (χ1v) is 11.7. The third kappa shape index (κ3) is 3.29. The monoisotopic (exact) mass is 476 g/mol. The van der Waals surface area contributed by atoms with Gasteiger partial charge >= 0.3 is 5.76 Å². The lowest BCUT2D eigenvalue weighted by Crippen LogP contribution is -2.52. The van der Waals surface area contributed by atoms with Crippen LogP contribution in [0.2, 0.25) is 0 Å². The molecule has 9 nitrogen and oxygen atoms in total. The Morgan fingerprint density at radius 1 is 1.15 bits per heavy atom. The van der Waals surface area contributed by atoms with Crippen molar-refractivity contribution < 1.29 is 18.8 Å². The Balaban J connectivity index is 1.21. The average Bonchev–Trinajstić information content (AvgIpc) is 3.41. The van der Waals surface area contributed by atoms with Gasteiger partial charge in [-0.25, -0.2) is 4.79 Å². The molecule has 4 aromatic rings. The van der Waals surface area contributed by atoms with Gasteiger partial charge in [0.1, 0.15) is 11.4 Å². The first-order valence-electron chi connectivity index (χ1n) is 10.9. The summed E-state index contributed by atoms with van der Waals surface area (Å²) in [4.78, 5) is 41.9. The predicted molar refractivity (Wildman–Crippen MR) is 126 cm³/mol. The van der Waals surface area contributed by atoms with Gasteiger partial charge in [0.25, 0.3) is 5.91 Å². The number of carbonyl (C=O) groups excluding carboxylic acids is 2. The molecular formula is C24H20N4O5S. The number of rotatable bonds is 2. The van der Waals surface area contributed by atoms with Crippen LogP contribution >= 0.6 is 11.3 Å². The number of benzene rings is 2. The van der Waals surface area contributed by atoms with Crippen LogP contribution in [0.4, 0.5) is 5.00 Å². The van der Waals surface area contributed by atoms with Gasteiger partial charge in [0, 0.05) is 41.6 Å². The lowest BCUT2D eigenvalue weighted by molar-refractivity contribution is -0.00561. The number of piperidine rings is 1. The van der Waals surface area contributed by atoms with Crippen LogP contribution in [0, 0.1) is 0 Å². The summed E-state index contributed by atoms with van der Waals surface area (Å²) in [7, 11) is 0. The van der Waals surface area contributed by atoms with Crippen molar-refractivity contribution in [3.63, 3.8) is 0 Å². The standard InChI is InChI=1S/C24H20N4O5S/c25-20-19(14-3-1-2-4-18(14)34-20)22(30)28-9-7-24(8-10-28)12-16(29)15-11-13(5-6-17(15)32-24)21-26-23(31)33-27-21/h1-6,11H,7-10,12,25H2,(H,26,27,31). The zero-order valence-electron chi connectivity index (χ0n) is 18.0. The summed E-state index contributed by atoms with van der Waals surface area (Å²) in [6.45, 7) is 0.951. The minimum atomic E-state index is -0.659. The van der Waals surface area contributed by atoms with Crippen molar-refractivity contribution in [2.75, 3.05) is 18.8 Å². The van der Waals surface area contributed by atoms with Crippen molar-refractivity contribution >= 4 is 38.1 Å². The fraction of sp³-hybridized carbons (Fsp3) is 0.250. The van der Waals surface area contributed by atoms with Crippen molar-refractivity contribution in [3.8, 4) is 17.1 Å². The maximum absolute atomic E-state index is 13.3. The number of aromatic nitrogens is 2. The van der Waals surface area contributed by atoms with E-state index in [1.807, 2.05) is 24.3 Å². The van der Waals surface area contributed by atoms with E-state index in [0.29, 0.717) is 53.4 Å². The smallest absolute Gasteiger partial charge is 0.439 e. The average molecular weight is 477 g/mol. The van der Waals surface area contributed by atoms with E-state index in [9.17, 15) is 14.4 Å². The Labute approximate surface area is 197 Å². The number of hydrogen-bond acceptors (Lipinski definition) is 8. The molecule has 0 aliphatic carbocycles. The molecule has 2 aliphatic rings. The van der Waals surface area contributed by atoms with Crippen LogP contribution in [0.15, 0.2) is 51.8 Å². The molecule has 0 atom stereocenters. The molecule has 0 radical (unpaired) electrons. The molecule has 0 unspecified atom stereocenters. The van der Waals surface area contributed by atoms with Gasteiger partial charge in [0.15, 0.2) is 11.6 Å². The topological polar surface area (TPSA) is 132 Å². The van der Waals surface area contributed by atoms with Crippen LogP contribution in [0.5, 0.6) is 5.75 Å². The lowest BCUT2D eigenvalue weighted by Gasteiger charge is -2.44. The third-order valence-corrected chi connectivity index (χ3v) is 7.60. The van der Waals surface area contributed by atoms with Crippen molar-refractivity contribution in [3.05, 3.63) is 64.1 Å². The van der Waals surface area contributed by atoms with Crippen molar-refractivity contribution in [2.45, 2.75) is 24.9 Å². The van der Waals surface area contributed by atoms with E-state index < -0.39 is 11.4 Å². The molecule has 2 aliphatic heterocycles. The zero-order valence-corrected chi connectivity index (χ0v) is 18.8. The molecule has 0 saturated carbocycles. The number of nitrogens with two attached hydrogens (primary N) is 1. The fourth-order valence-corrected chi connectivity index (χ4v) is 5.80. The molecule has 34 heavy (non-hydrogen) atoms. The minimum absolute atomic E-state index is 0.0400. The molecular weight excluding hydrogens is 456 g/mol. The highest BCUT2D eigenvalue weighted by atomic mass is 32.1. The number of ether oxygens (including phenoxy) is 1. The van der Waals surface area contributed by atoms with Gasteiger partial charge in [-0.1, -0.05) is 23.4 Å². The van der Waals surface area contributed by atoms with Gasteiger partial charge in [-0.15, -0.1) is 11.3 Å². The second-order valence-corrected chi connectivity index (χ2v) is 9.75. The molecule has 172 valence electrons. The van der Waals surface area contributed by atoms with Crippen molar-refractivity contribution in [1.82, 2.24) is 15.0 Å². The van der Waals surface area contributed by atoms with Crippen LogP contribution in [-0.4, -0.2) is 45.4 Å². The molecule has 10 heteroatoms. The van der Waals surface area contributed by atoms with E-state index in [2.05, 4.69) is 14.7 Å². The molecule has 2 aromatic carbocycles. The number of carbonyl (C=O) groups is 2. The summed E-state index contributed by atoms with van der Waals surface area (Å²) in [5.41, 5.74) is 7.12.